The van der Waals surface area contributed by atoms with E-state index in [0.717, 1.165) is 0 Å². The van der Waals surface area contributed by atoms with E-state index in [-0.39, 0.29) is 24.8 Å². The van der Waals surface area contributed by atoms with Crippen LogP contribution in [0.15, 0.2) is 4.99 Å². The lowest BCUT2D eigenvalue weighted by atomic mass is 9.92. The maximum Gasteiger partial charge on any atom is 0.248 e. The molecule has 1 rings (SSSR count). The lowest BCUT2D eigenvalue weighted by Crippen LogP contribution is -2.29. The molecule has 1 fully saturated rings. The number of halogens is 2. The quantitative estimate of drug-likeness (QED) is 0.545. The number of nitrogens with two attached hydrogens (primary N) is 1. The van der Waals surface area contributed by atoms with Gasteiger partial charge in [-0.2, -0.15) is 0 Å². The molecule has 4 heteroatoms. The lowest BCUT2D eigenvalue weighted by molar-refractivity contribution is -0.0373. The lowest BCUT2D eigenvalue weighted by Gasteiger charge is -2.26. The molecular formula is C10H18F2N2. The highest BCUT2D eigenvalue weighted by molar-refractivity contribution is 5.82. The van der Waals surface area contributed by atoms with Gasteiger partial charge in [-0.15, -0.1) is 0 Å². The molecule has 0 atom stereocenters. The first-order valence-electron chi connectivity index (χ1n) is 5.12. The molecular weight excluding hydrogens is 186 g/mol. The molecule has 1 aliphatic rings. The first-order chi connectivity index (χ1) is 6.41. The molecule has 2 N–H and O–H groups in total. The third-order valence-corrected chi connectivity index (χ3v) is 2.61. The molecule has 2 nitrogen and oxygen atoms in total. The van der Waals surface area contributed by atoms with Crippen LogP contribution in [0.1, 0.15) is 39.5 Å². The highest BCUT2D eigenvalue weighted by atomic mass is 19.3. The Morgan fingerprint density at radius 2 is 1.86 bits per heavy atom. The summed E-state index contributed by atoms with van der Waals surface area (Å²) in [5.74, 6) is -1.68. The van der Waals surface area contributed by atoms with Gasteiger partial charge in [0.1, 0.15) is 0 Å². The summed E-state index contributed by atoms with van der Waals surface area (Å²) in [7, 11) is 0. The molecule has 0 aromatic heterocycles. The summed E-state index contributed by atoms with van der Waals surface area (Å²) in [5.41, 5.74) is 5.68. The van der Waals surface area contributed by atoms with E-state index in [1.165, 1.54) is 0 Å². The van der Waals surface area contributed by atoms with Crippen LogP contribution in [0.3, 0.4) is 0 Å². The summed E-state index contributed by atoms with van der Waals surface area (Å²) in [6.07, 6.45) is 0.819. The van der Waals surface area contributed by atoms with Gasteiger partial charge in [-0.1, -0.05) is 13.8 Å². The van der Waals surface area contributed by atoms with Gasteiger partial charge >= 0.3 is 0 Å². The number of rotatable bonds is 2. The van der Waals surface area contributed by atoms with Crippen LogP contribution in [0.2, 0.25) is 0 Å². The Morgan fingerprint density at radius 3 is 2.29 bits per heavy atom. The second kappa shape index (κ2) is 4.24. The summed E-state index contributed by atoms with van der Waals surface area (Å²) in [6.45, 7) is 3.91. The molecule has 0 aromatic rings. The van der Waals surface area contributed by atoms with Crippen molar-refractivity contribution in [2.75, 3.05) is 0 Å². The minimum Gasteiger partial charge on any atom is -0.387 e. The van der Waals surface area contributed by atoms with E-state index < -0.39 is 5.92 Å². The van der Waals surface area contributed by atoms with E-state index in [4.69, 9.17) is 5.73 Å². The van der Waals surface area contributed by atoms with Gasteiger partial charge in [0.2, 0.25) is 5.92 Å². The second-order valence-corrected chi connectivity index (χ2v) is 4.30. The van der Waals surface area contributed by atoms with Crippen molar-refractivity contribution in [2.45, 2.75) is 51.5 Å². The highest BCUT2D eigenvalue weighted by Crippen LogP contribution is 2.34. The van der Waals surface area contributed by atoms with Crippen LogP contribution in [-0.4, -0.2) is 17.8 Å². The van der Waals surface area contributed by atoms with Gasteiger partial charge in [0, 0.05) is 18.8 Å². The fourth-order valence-electron chi connectivity index (χ4n) is 1.51. The number of aliphatic imine (C=N–C) groups is 1. The van der Waals surface area contributed by atoms with Crippen molar-refractivity contribution >= 4 is 5.84 Å². The minimum absolute atomic E-state index is 0.0111. The molecule has 82 valence electrons. The molecule has 0 saturated heterocycles. The van der Waals surface area contributed by atoms with Crippen molar-refractivity contribution in [1.29, 1.82) is 0 Å². The summed E-state index contributed by atoms with van der Waals surface area (Å²) >= 11 is 0. The molecule has 0 heterocycles. The highest BCUT2D eigenvalue weighted by Gasteiger charge is 2.34. The van der Waals surface area contributed by atoms with Crippen LogP contribution in [0.4, 0.5) is 8.78 Å². The predicted octanol–water partition coefficient (Wildman–Crippen LogP) is 2.58. The number of hydrogen-bond donors (Lipinski definition) is 1. The molecule has 1 aliphatic carbocycles. The van der Waals surface area contributed by atoms with Crippen LogP contribution in [0, 0.1) is 5.92 Å². The Balaban J connectivity index is 2.47. The molecule has 14 heavy (non-hydrogen) atoms. The Morgan fingerprint density at radius 1 is 1.36 bits per heavy atom. The average Bonchev–Trinajstić information content (AvgIpc) is 2.08. The SMILES string of the molecule is CC(C)C(N)=NC1CCC(F)(F)CC1. The van der Waals surface area contributed by atoms with E-state index in [9.17, 15) is 8.78 Å². The van der Waals surface area contributed by atoms with Crippen molar-refractivity contribution in [1.82, 2.24) is 0 Å². The fourth-order valence-corrected chi connectivity index (χ4v) is 1.51. The zero-order valence-electron chi connectivity index (χ0n) is 8.76. The fraction of sp³-hybridized carbons (Fsp3) is 0.900. The minimum atomic E-state index is -2.47. The second-order valence-electron chi connectivity index (χ2n) is 4.30. The van der Waals surface area contributed by atoms with Gasteiger partial charge in [0.05, 0.1) is 11.9 Å². The number of alkyl halides is 2. The number of nitrogens with zero attached hydrogens (tertiary/aromatic N) is 1. The standard InChI is InChI=1S/C10H18F2N2/c1-7(2)9(13)14-8-3-5-10(11,12)6-4-8/h7-8H,3-6H2,1-2H3,(H2,13,14). The van der Waals surface area contributed by atoms with E-state index >= 15 is 0 Å². The molecule has 0 bridgehead atoms. The summed E-state index contributed by atoms with van der Waals surface area (Å²) in [4.78, 5) is 4.26. The smallest absolute Gasteiger partial charge is 0.248 e. The van der Waals surface area contributed by atoms with Gasteiger partial charge in [0.25, 0.3) is 0 Å². The van der Waals surface area contributed by atoms with Gasteiger partial charge in [-0.3, -0.25) is 4.99 Å². The molecule has 0 aromatic carbocycles. The number of amidine groups is 1. The van der Waals surface area contributed by atoms with Crippen LogP contribution in [0.25, 0.3) is 0 Å². The van der Waals surface area contributed by atoms with Crippen molar-refractivity contribution in [3.63, 3.8) is 0 Å². The van der Waals surface area contributed by atoms with E-state index in [2.05, 4.69) is 4.99 Å². The van der Waals surface area contributed by atoms with Crippen LogP contribution >= 0.6 is 0 Å². The first kappa shape index (κ1) is 11.4. The third-order valence-electron chi connectivity index (χ3n) is 2.61. The molecule has 0 amide bonds. The largest absolute Gasteiger partial charge is 0.387 e. The van der Waals surface area contributed by atoms with Gasteiger partial charge in [0.15, 0.2) is 0 Å². The van der Waals surface area contributed by atoms with Crippen molar-refractivity contribution in [2.24, 2.45) is 16.6 Å². The Kier molecular flexibility index (Phi) is 3.45. The summed E-state index contributed by atoms with van der Waals surface area (Å²) < 4.78 is 25.6. The van der Waals surface area contributed by atoms with Crippen LogP contribution < -0.4 is 5.73 Å². The third kappa shape index (κ3) is 3.24. The molecule has 0 radical (unpaired) electrons. The number of hydrogen-bond acceptors (Lipinski definition) is 1. The zero-order valence-corrected chi connectivity index (χ0v) is 8.76. The van der Waals surface area contributed by atoms with Gasteiger partial charge in [-0.25, -0.2) is 8.78 Å². The van der Waals surface area contributed by atoms with Crippen molar-refractivity contribution in [3.05, 3.63) is 0 Å². The van der Waals surface area contributed by atoms with Gasteiger partial charge in [-0.05, 0) is 12.8 Å². The topological polar surface area (TPSA) is 38.4 Å². The van der Waals surface area contributed by atoms with E-state index in [1.54, 1.807) is 0 Å². The Labute approximate surface area is 83.6 Å². The normalized spacial score (nSPS) is 24.2. The maximum atomic E-state index is 12.8. The van der Waals surface area contributed by atoms with Crippen molar-refractivity contribution in [3.8, 4) is 0 Å². The molecule has 0 spiro atoms. The van der Waals surface area contributed by atoms with Crippen LogP contribution in [-0.2, 0) is 0 Å². The summed E-state index contributed by atoms with van der Waals surface area (Å²) in [5, 5.41) is 0. The average molecular weight is 204 g/mol. The molecule has 1 saturated carbocycles. The Bertz CT molecular complexity index is 214. The van der Waals surface area contributed by atoms with Crippen molar-refractivity contribution < 1.29 is 8.78 Å². The van der Waals surface area contributed by atoms with Gasteiger partial charge < -0.3 is 5.73 Å². The predicted molar refractivity (Wildman–Crippen MR) is 53.7 cm³/mol. The van der Waals surface area contributed by atoms with E-state index in [1.807, 2.05) is 13.8 Å². The zero-order chi connectivity index (χ0) is 10.8. The van der Waals surface area contributed by atoms with E-state index in [0.29, 0.717) is 18.7 Å². The molecule has 0 aliphatic heterocycles. The monoisotopic (exact) mass is 204 g/mol. The first-order valence-corrected chi connectivity index (χ1v) is 5.12. The Hall–Kier alpha value is -0.670. The molecule has 0 unspecified atom stereocenters. The van der Waals surface area contributed by atoms with Crippen LogP contribution in [0.5, 0.6) is 0 Å². The summed E-state index contributed by atoms with van der Waals surface area (Å²) in [6, 6.07) is 0.0111. The maximum absolute atomic E-state index is 12.8.